The van der Waals surface area contributed by atoms with Crippen LogP contribution in [0.5, 0.6) is 0 Å². The minimum Gasteiger partial charge on any atom is -0.373 e. The van der Waals surface area contributed by atoms with Crippen molar-refractivity contribution in [2.75, 3.05) is 20.7 Å². The lowest BCUT2D eigenvalue weighted by Gasteiger charge is -2.13. The van der Waals surface area contributed by atoms with Crippen molar-refractivity contribution in [3.63, 3.8) is 0 Å². The predicted molar refractivity (Wildman–Crippen MR) is 65.8 cm³/mol. The first kappa shape index (κ1) is 12.8. The third kappa shape index (κ3) is 2.80. The molecule has 94 valence electrons. The van der Waals surface area contributed by atoms with Crippen molar-refractivity contribution in [2.45, 2.75) is 17.4 Å². The van der Waals surface area contributed by atoms with Crippen LogP contribution in [0.2, 0.25) is 5.02 Å². The third-order valence-corrected chi connectivity index (χ3v) is 4.92. The normalized spacial score (nSPS) is 19.6. The lowest BCUT2D eigenvalue weighted by atomic mass is 10.1. The fourth-order valence-electron chi connectivity index (χ4n) is 1.52. The van der Waals surface area contributed by atoms with E-state index in [9.17, 15) is 8.42 Å². The lowest BCUT2D eigenvalue weighted by Crippen LogP contribution is -2.22. The van der Waals surface area contributed by atoms with E-state index in [2.05, 4.69) is 0 Å². The first-order valence-electron chi connectivity index (χ1n) is 5.24. The number of epoxide rings is 1. The van der Waals surface area contributed by atoms with E-state index in [0.29, 0.717) is 0 Å². The minimum absolute atomic E-state index is 0.155. The van der Waals surface area contributed by atoms with Crippen molar-refractivity contribution in [2.24, 2.45) is 0 Å². The molecule has 17 heavy (non-hydrogen) atoms. The maximum atomic E-state index is 12.0. The number of benzene rings is 1. The van der Waals surface area contributed by atoms with Gasteiger partial charge in [-0.1, -0.05) is 17.7 Å². The van der Waals surface area contributed by atoms with E-state index in [4.69, 9.17) is 16.3 Å². The second kappa shape index (κ2) is 4.57. The zero-order chi connectivity index (χ0) is 12.6. The van der Waals surface area contributed by atoms with Crippen LogP contribution >= 0.6 is 11.6 Å². The molecular formula is C11H14ClNO3S. The Morgan fingerprint density at radius 1 is 1.47 bits per heavy atom. The Bertz CT molecular complexity index is 524. The molecule has 0 aliphatic carbocycles. The summed E-state index contributed by atoms with van der Waals surface area (Å²) in [5.41, 5.74) is 0.928. The van der Waals surface area contributed by atoms with Crippen LogP contribution in [0.4, 0.5) is 0 Å². The van der Waals surface area contributed by atoms with Crippen molar-refractivity contribution < 1.29 is 13.2 Å². The molecule has 6 heteroatoms. The van der Waals surface area contributed by atoms with Gasteiger partial charge in [0.1, 0.15) is 4.90 Å². The summed E-state index contributed by atoms with van der Waals surface area (Å²) >= 11 is 5.94. The van der Waals surface area contributed by atoms with Gasteiger partial charge in [0.05, 0.1) is 17.7 Å². The number of hydrogen-bond donors (Lipinski definition) is 0. The fourth-order valence-corrected chi connectivity index (χ4v) is 2.94. The van der Waals surface area contributed by atoms with E-state index in [-0.39, 0.29) is 16.0 Å². The van der Waals surface area contributed by atoms with Crippen molar-refractivity contribution in [1.82, 2.24) is 4.31 Å². The number of sulfonamides is 1. The molecule has 1 aliphatic rings. The number of ether oxygens (including phenoxy) is 1. The summed E-state index contributed by atoms with van der Waals surface area (Å²) in [6.07, 6.45) is 0.957. The molecule has 4 nitrogen and oxygen atoms in total. The second-order valence-corrected chi connectivity index (χ2v) is 6.74. The first-order chi connectivity index (χ1) is 7.91. The summed E-state index contributed by atoms with van der Waals surface area (Å²) < 4.78 is 30.3. The third-order valence-electron chi connectivity index (χ3n) is 2.62. The van der Waals surface area contributed by atoms with Crippen LogP contribution in [0.15, 0.2) is 23.1 Å². The molecule has 1 saturated heterocycles. The Kier molecular flexibility index (Phi) is 3.45. The molecule has 1 aromatic carbocycles. The molecule has 0 radical (unpaired) electrons. The summed E-state index contributed by atoms with van der Waals surface area (Å²) in [6, 6.07) is 5.08. The summed E-state index contributed by atoms with van der Waals surface area (Å²) in [6.45, 7) is 0.748. The standard InChI is InChI=1S/C11H14ClNO3S/c1-13(2)17(14,15)11-6-8(3-4-10(11)12)5-9-7-16-9/h3-4,6,9H,5,7H2,1-2H3. The van der Waals surface area contributed by atoms with Gasteiger partial charge in [-0.2, -0.15) is 0 Å². The molecular weight excluding hydrogens is 262 g/mol. The molecule has 0 N–H and O–H groups in total. The molecule has 1 heterocycles. The quantitative estimate of drug-likeness (QED) is 0.783. The van der Waals surface area contributed by atoms with Crippen molar-refractivity contribution in [3.05, 3.63) is 28.8 Å². The highest BCUT2D eigenvalue weighted by Crippen LogP contribution is 2.26. The Balaban J connectivity index is 2.38. The molecule has 0 aromatic heterocycles. The van der Waals surface area contributed by atoms with Crippen molar-refractivity contribution in [1.29, 1.82) is 0 Å². The molecule has 1 aliphatic heterocycles. The van der Waals surface area contributed by atoms with E-state index in [0.717, 1.165) is 22.9 Å². The molecule has 0 amide bonds. The highest BCUT2D eigenvalue weighted by molar-refractivity contribution is 7.89. The van der Waals surface area contributed by atoms with Gasteiger partial charge in [0, 0.05) is 20.5 Å². The molecule has 0 saturated carbocycles. The first-order valence-corrected chi connectivity index (χ1v) is 7.05. The summed E-state index contributed by atoms with van der Waals surface area (Å²) in [4.78, 5) is 0.155. The minimum atomic E-state index is -3.48. The lowest BCUT2D eigenvalue weighted by molar-refractivity contribution is 0.407. The van der Waals surface area contributed by atoms with Crippen LogP contribution in [0.3, 0.4) is 0 Å². The van der Waals surface area contributed by atoms with Gasteiger partial charge in [-0.3, -0.25) is 0 Å². The van der Waals surface area contributed by atoms with Crippen LogP contribution < -0.4 is 0 Å². The SMILES string of the molecule is CN(C)S(=O)(=O)c1cc(CC2CO2)ccc1Cl. The molecule has 1 fully saturated rings. The number of halogens is 1. The smallest absolute Gasteiger partial charge is 0.244 e. The van der Waals surface area contributed by atoms with Gasteiger partial charge in [0.2, 0.25) is 10.0 Å². The average molecular weight is 276 g/mol. The fraction of sp³-hybridized carbons (Fsp3) is 0.455. The van der Waals surface area contributed by atoms with Gasteiger partial charge in [0.25, 0.3) is 0 Å². The molecule has 1 aromatic rings. The van der Waals surface area contributed by atoms with Crippen LogP contribution in [-0.4, -0.2) is 39.5 Å². The predicted octanol–water partition coefficient (Wildman–Crippen LogP) is 1.53. The summed E-state index contributed by atoms with van der Waals surface area (Å²) in [7, 11) is -0.508. The average Bonchev–Trinajstić information content (AvgIpc) is 3.04. The van der Waals surface area contributed by atoms with Crippen LogP contribution in [0.1, 0.15) is 5.56 Å². The van der Waals surface area contributed by atoms with Gasteiger partial charge < -0.3 is 4.74 Å². The van der Waals surface area contributed by atoms with E-state index in [1.807, 2.05) is 6.07 Å². The van der Waals surface area contributed by atoms with Gasteiger partial charge in [-0.25, -0.2) is 12.7 Å². The van der Waals surface area contributed by atoms with Crippen LogP contribution in [0.25, 0.3) is 0 Å². The Labute approximate surface area is 106 Å². The topological polar surface area (TPSA) is 49.9 Å². The number of hydrogen-bond acceptors (Lipinski definition) is 3. The number of rotatable bonds is 4. The van der Waals surface area contributed by atoms with Gasteiger partial charge in [-0.05, 0) is 17.7 Å². The van der Waals surface area contributed by atoms with Crippen LogP contribution in [-0.2, 0) is 21.2 Å². The highest BCUT2D eigenvalue weighted by Gasteiger charge is 2.25. The van der Waals surface area contributed by atoms with Gasteiger partial charge in [-0.15, -0.1) is 0 Å². The molecule has 1 unspecified atom stereocenters. The zero-order valence-corrected chi connectivity index (χ0v) is 11.3. The van der Waals surface area contributed by atoms with E-state index in [1.54, 1.807) is 12.1 Å². The monoisotopic (exact) mass is 275 g/mol. The van der Waals surface area contributed by atoms with Crippen molar-refractivity contribution in [3.8, 4) is 0 Å². The highest BCUT2D eigenvalue weighted by atomic mass is 35.5. The molecule has 0 spiro atoms. The molecule has 0 bridgehead atoms. The van der Waals surface area contributed by atoms with E-state index >= 15 is 0 Å². The Hall–Kier alpha value is -0.620. The zero-order valence-electron chi connectivity index (χ0n) is 9.68. The maximum absolute atomic E-state index is 12.0. The van der Waals surface area contributed by atoms with Crippen molar-refractivity contribution >= 4 is 21.6 Å². The van der Waals surface area contributed by atoms with Gasteiger partial charge >= 0.3 is 0 Å². The second-order valence-electron chi connectivity index (χ2n) is 4.21. The Morgan fingerprint density at radius 2 is 2.12 bits per heavy atom. The molecule has 2 rings (SSSR count). The van der Waals surface area contributed by atoms with Crippen LogP contribution in [0, 0.1) is 0 Å². The largest absolute Gasteiger partial charge is 0.373 e. The van der Waals surface area contributed by atoms with Gasteiger partial charge in [0.15, 0.2) is 0 Å². The maximum Gasteiger partial charge on any atom is 0.244 e. The number of nitrogens with zero attached hydrogens (tertiary/aromatic N) is 1. The van der Waals surface area contributed by atoms with E-state index < -0.39 is 10.0 Å². The van der Waals surface area contributed by atoms with E-state index in [1.165, 1.54) is 14.1 Å². The molecule has 1 atom stereocenters. The Morgan fingerprint density at radius 3 is 2.65 bits per heavy atom. The summed E-state index contributed by atoms with van der Waals surface area (Å²) in [5.74, 6) is 0. The summed E-state index contributed by atoms with van der Waals surface area (Å²) in [5, 5.41) is 0.249.